The van der Waals surface area contributed by atoms with Gasteiger partial charge in [-0.25, -0.2) is 9.97 Å². The number of nitrogens with zero attached hydrogens (tertiary/aromatic N) is 4. The molecule has 0 amide bonds. The standard InChI is InChI=1S/C23H23N5O/c1-29-22-11-10-19-23(27-22)20(12-14-24-19)25-15-16-28(21-9-5-6-13-26-21)17-18-7-3-2-4-8-18/h2-14H,15-17H2,1H3,(H,24,25). The molecular weight excluding hydrogens is 362 g/mol. The molecule has 0 aliphatic rings. The van der Waals surface area contributed by atoms with Crippen LogP contribution >= 0.6 is 0 Å². The van der Waals surface area contributed by atoms with E-state index in [1.165, 1.54) is 5.56 Å². The molecule has 0 aliphatic carbocycles. The summed E-state index contributed by atoms with van der Waals surface area (Å²) in [6.45, 7) is 2.32. The molecule has 1 aromatic carbocycles. The minimum absolute atomic E-state index is 0.577. The molecule has 0 aliphatic heterocycles. The number of anilines is 2. The quantitative estimate of drug-likeness (QED) is 0.492. The smallest absolute Gasteiger partial charge is 0.213 e. The van der Waals surface area contributed by atoms with Crippen LogP contribution in [-0.4, -0.2) is 35.2 Å². The fraction of sp³-hybridized carbons (Fsp3) is 0.174. The van der Waals surface area contributed by atoms with Crippen LogP contribution in [0.2, 0.25) is 0 Å². The summed E-state index contributed by atoms with van der Waals surface area (Å²) in [5.41, 5.74) is 3.83. The summed E-state index contributed by atoms with van der Waals surface area (Å²) in [5, 5.41) is 3.50. The van der Waals surface area contributed by atoms with Crippen LogP contribution in [0.15, 0.2) is 79.1 Å². The molecule has 4 aromatic rings. The van der Waals surface area contributed by atoms with E-state index >= 15 is 0 Å². The molecule has 4 rings (SSSR count). The number of aromatic nitrogens is 3. The van der Waals surface area contributed by atoms with Crippen LogP contribution in [0.3, 0.4) is 0 Å². The van der Waals surface area contributed by atoms with Gasteiger partial charge in [0.1, 0.15) is 11.3 Å². The molecule has 0 saturated carbocycles. The molecule has 1 N–H and O–H groups in total. The van der Waals surface area contributed by atoms with E-state index < -0.39 is 0 Å². The molecule has 0 radical (unpaired) electrons. The fourth-order valence-corrected chi connectivity index (χ4v) is 3.21. The molecular formula is C23H23N5O. The number of fused-ring (bicyclic) bond motifs is 1. The highest BCUT2D eigenvalue weighted by Crippen LogP contribution is 2.22. The summed E-state index contributed by atoms with van der Waals surface area (Å²) < 4.78 is 5.26. The van der Waals surface area contributed by atoms with Crippen molar-refractivity contribution in [2.75, 3.05) is 30.4 Å². The lowest BCUT2D eigenvalue weighted by atomic mass is 10.2. The first kappa shape index (κ1) is 18.7. The van der Waals surface area contributed by atoms with Crippen LogP contribution in [0.4, 0.5) is 11.5 Å². The van der Waals surface area contributed by atoms with Crippen molar-refractivity contribution in [1.82, 2.24) is 15.0 Å². The average Bonchev–Trinajstić information content (AvgIpc) is 2.79. The molecule has 3 aromatic heterocycles. The van der Waals surface area contributed by atoms with E-state index in [-0.39, 0.29) is 0 Å². The van der Waals surface area contributed by atoms with Gasteiger partial charge in [-0.3, -0.25) is 4.98 Å². The molecule has 146 valence electrons. The van der Waals surface area contributed by atoms with Crippen LogP contribution in [0.1, 0.15) is 5.56 Å². The van der Waals surface area contributed by atoms with Gasteiger partial charge in [0.05, 0.1) is 18.3 Å². The lowest BCUT2D eigenvalue weighted by Crippen LogP contribution is -2.29. The summed E-state index contributed by atoms with van der Waals surface area (Å²) in [4.78, 5) is 15.7. The molecule has 0 fully saturated rings. The Hall–Kier alpha value is -3.67. The second kappa shape index (κ2) is 9.01. The van der Waals surface area contributed by atoms with Crippen molar-refractivity contribution >= 4 is 22.5 Å². The number of pyridine rings is 3. The predicted octanol–water partition coefficient (Wildman–Crippen LogP) is 4.15. The topological polar surface area (TPSA) is 63.2 Å². The SMILES string of the molecule is COc1ccc2nccc(NCCN(Cc3ccccc3)c3ccccn3)c2n1. The number of hydrogen-bond donors (Lipinski definition) is 1. The number of hydrogen-bond acceptors (Lipinski definition) is 6. The van der Waals surface area contributed by atoms with E-state index in [4.69, 9.17) is 4.74 Å². The lowest BCUT2D eigenvalue weighted by Gasteiger charge is -2.24. The van der Waals surface area contributed by atoms with E-state index in [1.54, 1.807) is 13.3 Å². The normalized spacial score (nSPS) is 10.7. The van der Waals surface area contributed by atoms with Crippen LogP contribution in [0.5, 0.6) is 5.88 Å². The van der Waals surface area contributed by atoms with Gasteiger partial charge in [-0.1, -0.05) is 36.4 Å². The Morgan fingerprint density at radius 3 is 2.55 bits per heavy atom. The first-order chi connectivity index (χ1) is 14.3. The van der Waals surface area contributed by atoms with Crippen molar-refractivity contribution in [2.45, 2.75) is 6.54 Å². The Morgan fingerprint density at radius 1 is 0.897 bits per heavy atom. The fourth-order valence-electron chi connectivity index (χ4n) is 3.21. The maximum Gasteiger partial charge on any atom is 0.213 e. The summed E-state index contributed by atoms with van der Waals surface area (Å²) in [6, 6.07) is 22.1. The Morgan fingerprint density at radius 2 is 1.76 bits per heavy atom. The number of methoxy groups -OCH3 is 1. The minimum Gasteiger partial charge on any atom is -0.481 e. The Balaban J connectivity index is 1.50. The maximum atomic E-state index is 5.26. The third-order valence-electron chi connectivity index (χ3n) is 4.65. The van der Waals surface area contributed by atoms with Crippen molar-refractivity contribution in [3.05, 3.63) is 84.7 Å². The molecule has 6 heteroatoms. The van der Waals surface area contributed by atoms with Crippen LogP contribution in [0, 0.1) is 0 Å². The van der Waals surface area contributed by atoms with Crippen LogP contribution < -0.4 is 15.0 Å². The Bertz CT molecular complexity index is 1060. The van der Waals surface area contributed by atoms with Gasteiger partial charge in [0.15, 0.2) is 0 Å². The Kier molecular flexibility index (Phi) is 5.81. The molecule has 3 heterocycles. The van der Waals surface area contributed by atoms with E-state index in [0.717, 1.165) is 42.2 Å². The average molecular weight is 385 g/mol. The van der Waals surface area contributed by atoms with Crippen molar-refractivity contribution in [2.24, 2.45) is 0 Å². The second-order valence-electron chi connectivity index (χ2n) is 6.60. The molecule has 0 atom stereocenters. The zero-order valence-corrected chi connectivity index (χ0v) is 16.3. The summed E-state index contributed by atoms with van der Waals surface area (Å²) in [5.74, 6) is 1.53. The van der Waals surface area contributed by atoms with E-state index in [2.05, 4.69) is 49.4 Å². The van der Waals surface area contributed by atoms with Crippen molar-refractivity contribution in [3.8, 4) is 5.88 Å². The van der Waals surface area contributed by atoms with Gasteiger partial charge in [-0.15, -0.1) is 0 Å². The zero-order valence-electron chi connectivity index (χ0n) is 16.3. The van der Waals surface area contributed by atoms with Crippen molar-refractivity contribution in [1.29, 1.82) is 0 Å². The van der Waals surface area contributed by atoms with E-state index in [1.807, 2.05) is 48.7 Å². The largest absolute Gasteiger partial charge is 0.481 e. The summed E-state index contributed by atoms with van der Waals surface area (Å²) in [6.07, 6.45) is 3.62. The van der Waals surface area contributed by atoms with E-state index in [0.29, 0.717) is 5.88 Å². The van der Waals surface area contributed by atoms with Gasteiger partial charge in [-0.2, -0.15) is 0 Å². The number of benzene rings is 1. The van der Waals surface area contributed by atoms with Gasteiger partial charge in [0.25, 0.3) is 0 Å². The van der Waals surface area contributed by atoms with Crippen molar-refractivity contribution < 1.29 is 4.74 Å². The first-order valence-electron chi connectivity index (χ1n) is 9.57. The third-order valence-corrected chi connectivity index (χ3v) is 4.65. The monoisotopic (exact) mass is 385 g/mol. The van der Waals surface area contributed by atoms with Crippen LogP contribution in [0.25, 0.3) is 11.0 Å². The number of rotatable bonds is 8. The molecule has 0 saturated heterocycles. The minimum atomic E-state index is 0.577. The van der Waals surface area contributed by atoms with E-state index in [9.17, 15) is 0 Å². The Labute approximate surface area is 170 Å². The van der Waals surface area contributed by atoms with Gasteiger partial charge < -0.3 is 15.0 Å². The zero-order chi connectivity index (χ0) is 19.9. The van der Waals surface area contributed by atoms with Crippen LogP contribution in [-0.2, 0) is 6.54 Å². The third kappa shape index (κ3) is 4.60. The van der Waals surface area contributed by atoms with Gasteiger partial charge >= 0.3 is 0 Å². The number of ether oxygens (including phenoxy) is 1. The van der Waals surface area contributed by atoms with Crippen molar-refractivity contribution in [3.63, 3.8) is 0 Å². The lowest BCUT2D eigenvalue weighted by molar-refractivity contribution is 0.399. The molecule has 6 nitrogen and oxygen atoms in total. The van der Waals surface area contributed by atoms with Gasteiger partial charge in [-0.05, 0) is 29.8 Å². The summed E-state index contributed by atoms with van der Waals surface area (Å²) >= 11 is 0. The van der Waals surface area contributed by atoms with Gasteiger partial charge in [0.2, 0.25) is 5.88 Å². The highest BCUT2D eigenvalue weighted by atomic mass is 16.5. The molecule has 29 heavy (non-hydrogen) atoms. The molecule has 0 bridgehead atoms. The maximum absolute atomic E-state index is 5.26. The highest BCUT2D eigenvalue weighted by Gasteiger charge is 2.10. The molecule has 0 unspecified atom stereocenters. The predicted molar refractivity (Wildman–Crippen MR) is 116 cm³/mol. The first-order valence-corrected chi connectivity index (χ1v) is 9.57. The molecule has 0 spiro atoms. The highest BCUT2D eigenvalue weighted by molar-refractivity contribution is 5.87. The van der Waals surface area contributed by atoms with Gasteiger partial charge in [0, 0.05) is 38.1 Å². The number of nitrogens with one attached hydrogen (secondary N) is 1. The summed E-state index contributed by atoms with van der Waals surface area (Å²) in [7, 11) is 1.62. The second-order valence-corrected chi connectivity index (χ2v) is 6.60.